The first kappa shape index (κ1) is 23.4. The smallest absolute Gasteiger partial charge is 0.338 e. The molecule has 0 unspecified atom stereocenters. The number of carbonyl (C=O) groups excluding carboxylic acids is 2. The van der Waals surface area contributed by atoms with E-state index in [1.165, 1.54) is 0 Å². The number of aryl methyl sites for hydroxylation is 1. The molecule has 0 aromatic heterocycles. The molecule has 0 radical (unpaired) electrons. The average Bonchev–Trinajstić information content (AvgIpc) is 2.86. The Bertz CT molecular complexity index is 1070. The van der Waals surface area contributed by atoms with Crippen molar-refractivity contribution in [1.29, 1.82) is 0 Å². The summed E-state index contributed by atoms with van der Waals surface area (Å²) in [5.74, 6) is 0.374. The van der Waals surface area contributed by atoms with Crippen molar-refractivity contribution < 1.29 is 19.1 Å². The summed E-state index contributed by atoms with van der Waals surface area (Å²) < 4.78 is 11.5. The lowest BCUT2D eigenvalue weighted by Crippen LogP contribution is -2.41. The van der Waals surface area contributed by atoms with E-state index in [1.807, 2.05) is 61.5 Å². The zero-order valence-electron chi connectivity index (χ0n) is 19.3. The van der Waals surface area contributed by atoms with Crippen LogP contribution in [0, 0.1) is 6.92 Å². The number of amides is 2. The van der Waals surface area contributed by atoms with E-state index < -0.39 is 0 Å². The largest absolute Gasteiger partial charge is 0.490 e. The van der Waals surface area contributed by atoms with Crippen LogP contribution in [-0.4, -0.2) is 24.1 Å². The van der Waals surface area contributed by atoms with Crippen molar-refractivity contribution in [2.75, 3.05) is 5.32 Å². The molecule has 3 aromatic rings. The maximum atomic E-state index is 12.3. The second-order valence-corrected chi connectivity index (χ2v) is 8.64. The second-order valence-electron chi connectivity index (χ2n) is 8.64. The van der Waals surface area contributed by atoms with E-state index in [0.717, 1.165) is 48.2 Å². The molecular weight excluding hydrogens is 428 g/mol. The van der Waals surface area contributed by atoms with E-state index in [2.05, 4.69) is 10.6 Å². The van der Waals surface area contributed by atoms with Gasteiger partial charge in [0.15, 0.2) is 0 Å². The van der Waals surface area contributed by atoms with Gasteiger partial charge < -0.3 is 20.1 Å². The van der Waals surface area contributed by atoms with Gasteiger partial charge >= 0.3 is 12.0 Å². The van der Waals surface area contributed by atoms with Gasteiger partial charge in [0.1, 0.15) is 12.4 Å². The minimum Gasteiger partial charge on any atom is -0.490 e. The minimum atomic E-state index is -0.356. The third-order valence-electron chi connectivity index (χ3n) is 5.92. The summed E-state index contributed by atoms with van der Waals surface area (Å²) in [5.41, 5.74) is 3.39. The van der Waals surface area contributed by atoms with Gasteiger partial charge in [-0.05, 0) is 74.6 Å². The zero-order valence-corrected chi connectivity index (χ0v) is 19.3. The highest BCUT2D eigenvalue weighted by atomic mass is 16.5. The SMILES string of the molecule is Cc1ccc(NC(=O)N[C@H]2CC[C@H](Oc3ccc(C(=O)OCc4ccccc4)cc3)CC2)cc1. The molecule has 0 bridgehead atoms. The molecule has 1 aliphatic carbocycles. The molecule has 4 rings (SSSR count). The van der Waals surface area contributed by atoms with E-state index in [1.54, 1.807) is 24.3 Å². The van der Waals surface area contributed by atoms with Crippen molar-refractivity contribution >= 4 is 17.7 Å². The fourth-order valence-corrected chi connectivity index (χ4v) is 3.98. The Morgan fingerprint density at radius 2 is 1.53 bits per heavy atom. The molecule has 6 nitrogen and oxygen atoms in total. The molecule has 3 aromatic carbocycles. The third kappa shape index (κ3) is 6.85. The number of benzene rings is 3. The number of esters is 1. The standard InChI is InChI=1S/C28H30N2O4/c1-20-7-11-23(12-8-20)29-28(32)30-24-13-17-26(18-14-24)34-25-15-9-22(10-16-25)27(31)33-19-21-5-3-2-4-6-21/h2-12,15-16,24,26H,13-14,17-19H2,1H3,(H2,29,30,32)/t24-,26-. The van der Waals surface area contributed by atoms with Crippen molar-refractivity contribution in [2.24, 2.45) is 0 Å². The molecule has 0 heterocycles. The fourth-order valence-electron chi connectivity index (χ4n) is 3.98. The summed E-state index contributed by atoms with van der Waals surface area (Å²) in [5, 5.41) is 5.93. The molecule has 34 heavy (non-hydrogen) atoms. The summed E-state index contributed by atoms with van der Waals surface area (Å²) in [6.45, 7) is 2.26. The number of ether oxygens (including phenoxy) is 2. The Morgan fingerprint density at radius 3 is 2.21 bits per heavy atom. The summed E-state index contributed by atoms with van der Waals surface area (Å²) in [6, 6.07) is 24.4. The first-order chi connectivity index (χ1) is 16.5. The van der Waals surface area contributed by atoms with Crippen LogP contribution in [0.1, 0.15) is 47.2 Å². The van der Waals surface area contributed by atoms with Crippen molar-refractivity contribution in [3.63, 3.8) is 0 Å². The Morgan fingerprint density at radius 1 is 0.853 bits per heavy atom. The topological polar surface area (TPSA) is 76.7 Å². The first-order valence-corrected chi connectivity index (χ1v) is 11.7. The number of hydrogen-bond donors (Lipinski definition) is 2. The van der Waals surface area contributed by atoms with Crippen LogP contribution in [0.4, 0.5) is 10.5 Å². The molecule has 2 N–H and O–H groups in total. The number of anilines is 1. The molecule has 1 fully saturated rings. The van der Waals surface area contributed by atoms with Gasteiger partial charge in [0.25, 0.3) is 0 Å². The third-order valence-corrected chi connectivity index (χ3v) is 5.92. The summed E-state index contributed by atoms with van der Waals surface area (Å²) in [6.07, 6.45) is 3.52. The highest BCUT2D eigenvalue weighted by Gasteiger charge is 2.23. The molecule has 0 aliphatic heterocycles. The van der Waals surface area contributed by atoms with Crippen molar-refractivity contribution in [3.8, 4) is 5.75 Å². The van der Waals surface area contributed by atoms with Crippen LogP contribution < -0.4 is 15.4 Å². The minimum absolute atomic E-state index is 0.0918. The normalized spacial score (nSPS) is 17.4. The van der Waals surface area contributed by atoms with Crippen LogP contribution in [0.3, 0.4) is 0 Å². The number of urea groups is 1. The van der Waals surface area contributed by atoms with Crippen LogP contribution in [-0.2, 0) is 11.3 Å². The van der Waals surface area contributed by atoms with E-state index in [0.29, 0.717) is 5.56 Å². The lowest BCUT2D eigenvalue weighted by Gasteiger charge is -2.29. The lowest BCUT2D eigenvalue weighted by atomic mass is 9.93. The number of nitrogens with one attached hydrogen (secondary N) is 2. The van der Waals surface area contributed by atoms with E-state index in [9.17, 15) is 9.59 Å². The molecule has 176 valence electrons. The van der Waals surface area contributed by atoms with E-state index in [-0.39, 0.29) is 30.8 Å². The van der Waals surface area contributed by atoms with Crippen molar-refractivity contribution in [1.82, 2.24) is 5.32 Å². The average molecular weight is 459 g/mol. The second kappa shape index (κ2) is 11.4. The van der Waals surface area contributed by atoms with Gasteiger partial charge in [0.2, 0.25) is 0 Å². The first-order valence-electron chi connectivity index (χ1n) is 11.7. The van der Waals surface area contributed by atoms with Crippen LogP contribution in [0.25, 0.3) is 0 Å². The van der Waals surface area contributed by atoms with Crippen LogP contribution in [0.5, 0.6) is 5.75 Å². The Balaban J connectivity index is 1.18. The summed E-state index contributed by atoms with van der Waals surface area (Å²) in [4.78, 5) is 24.5. The molecule has 6 heteroatoms. The fraction of sp³-hybridized carbons (Fsp3) is 0.286. The lowest BCUT2D eigenvalue weighted by molar-refractivity contribution is 0.0472. The predicted octanol–water partition coefficient (Wildman–Crippen LogP) is 5.86. The zero-order chi connectivity index (χ0) is 23.8. The highest BCUT2D eigenvalue weighted by molar-refractivity contribution is 5.90. The summed E-state index contributed by atoms with van der Waals surface area (Å²) in [7, 11) is 0. The van der Waals surface area contributed by atoms with Gasteiger partial charge in [-0.15, -0.1) is 0 Å². The van der Waals surface area contributed by atoms with Gasteiger partial charge in [0, 0.05) is 11.7 Å². The highest BCUT2D eigenvalue weighted by Crippen LogP contribution is 2.24. The summed E-state index contributed by atoms with van der Waals surface area (Å²) >= 11 is 0. The maximum absolute atomic E-state index is 12.3. The molecule has 0 spiro atoms. The quantitative estimate of drug-likeness (QED) is 0.435. The Labute approximate surface area is 200 Å². The molecule has 0 saturated heterocycles. The molecule has 1 saturated carbocycles. The van der Waals surface area contributed by atoms with Crippen LogP contribution >= 0.6 is 0 Å². The molecule has 2 amide bonds. The Hall–Kier alpha value is -3.80. The number of hydrogen-bond acceptors (Lipinski definition) is 4. The van der Waals surface area contributed by atoms with Gasteiger partial charge in [-0.2, -0.15) is 0 Å². The molecular formula is C28H30N2O4. The van der Waals surface area contributed by atoms with Crippen molar-refractivity contribution in [3.05, 3.63) is 95.6 Å². The number of rotatable bonds is 7. The van der Waals surface area contributed by atoms with Crippen LogP contribution in [0.2, 0.25) is 0 Å². The van der Waals surface area contributed by atoms with Crippen molar-refractivity contribution in [2.45, 2.75) is 51.4 Å². The van der Waals surface area contributed by atoms with E-state index >= 15 is 0 Å². The Kier molecular flexibility index (Phi) is 7.81. The van der Waals surface area contributed by atoms with Gasteiger partial charge in [-0.25, -0.2) is 9.59 Å². The molecule has 1 aliphatic rings. The monoisotopic (exact) mass is 458 g/mol. The van der Waals surface area contributed by atoms with Gasteiger partial charge in [0.05, 0.1) is 11.7 Å². The van der Waals surface area contributed by atoms with Gasteiger partial charge in [-0.3, -0.25) is 0 Å². The van der Waals surface area contributed by atoms with Crippen LogP contribution in [0.15, 0.2) is 78.9 Å². The van der Waals surface area contributed by atoms with E-state index in [4.69, 9.17) is 9.47 Å². The number of carbonyl (C=O) groups is 2. The molecule has 0 atom stereocenters. The maximum Gasteiger partial charge on any atom is 0.338 e. The predicted molar refractivity (Wildman–Crippen MR) is 132 cm³/mol. The van der Waals surface area contributed by atoms with Gasteiger partial charge in [-0.1, -0.05) is 48.0 Å².